The van der Waals surface area contributed by atoms with E-state index in [9.17, 15) is 4.79 Å². The van der Waals surface area contributed by atoms with Crippen molar-refractivity contribution in [3.63, 3.8) is 0 Å². The van der Waals surface area contributed by atoms with Crippen LogP contribution in [0, 0.1) is 0 Å². The van der Waals surface area contributed by atoms with Crippen molar-refractivity contribution >= 4 is 5.91 Å². The first-order valence-corrected chi connectivity index (χ1v) is 7.56. The predicted molar refractivity (Wildman–Crippen MR) is 82.7 cm³/mol. The minimum Gasteiger partial charge on any atom is -0.350 e. The van der Waals surface area contributed by atoms with Gasteiger partial charge >= 0.3 is 0 Å². The molecule has 1 aromatic rings. The summed E-state index contributed by atoms with van der Waals surface area (Å²) >= 11 is 0. The predicted octanol–water partition coefficient (Wildman–Crippen LogP) is 2.83. The second-order valence-electron chi connectivity index (χ2n) is 6.47. The van der Waals surface area contributed by atoms with Crippen LogP contribution in [0.3, 0.4) is 0 Å². The van der Waals surface area contributed by atoms with Gasteiger partial charge in [0.05, 0.1) is 6.04 Å². The molecule has 1 aliphatic carbocycles. The molecule has 1 aromatic carbocycles. The summed E-state index contributed by atoms with van der Waals surface area (Å²) in [5.41, 5.74) is 1.24. The molecule has 20 heavy (non-hydrogen) atoms. The van der Waals surface area contributed by atoms with E-state index < -0.39 is 0 Å². The van der Waals surface area contributed by atoms with Crippen LogP contribution in [0.1, 0.15) is 52.0 Å². The van der Waals surface area contributed by atoms with Crippen LogP contribution >= 0.6 is 0 Å². The number of carbonyl (C=O) groups excluding carboxylic acids is 1. The molecule has 3 heteroatoms. The lowest BCUT2D eigenvalue weighted by Crippen LogP contribution is -2.51. The largest absolute Gasteiger partial charge is 0.350 e. The zero-order valence-corrected chi connectivity index (χ0v) is 12.9. The number of hydrogen-bond donors (Lipinski definition) is 2. The Hall–Kier alpha value is -1.35. The third-order valence-electron chi connectivity index (χ3n) is 4.22. The van der Waals surface area contributed by atoms with Gasteiger partial charge in [0.1, 0.15) is 0 Å². The molecule has 0 aliphatic heterocycles. The first-order valence-electron chi connectivity index (χ1n) is 7.56. The minimum atomic E-state index is -0.139. The van der Waals surface area contributed by atoms with Gasteiger partial charge in [-0.1, -0.05) is 37.3 Å². The maximum atomic E-state index is 12.2. The monoisotopic (exact) mass is 274 g/mol. The van der Waals surface area contributed by atoms with Crippen molar-refractivity contribution in [3.8, 4) is 0 Å². The first kappa shape index (κ1) is 15.0. The average Bonchev–Trinajstić information content (AvgIpc) is 3.18. The summed E-state index contributed by atoms with van der Waals surface area (Å²) in [4.78, 5) is 12.2. The van der Waals surface area contributed by atoms with Crippen molar-refractivity contribution in [3.05, 3.63) is 35.9 Å². The number of nitrogens with one attached hydrogen (secondary N) is 2. The van der Waals surface area contributed by atoms with E-state index >= 15 is 0 Å². The molecule has 1 aliphatic rings. The smallest absolute Gasteiger partial charge is 0.237 e. The lowest BCUT2D eigenvalue weighted by Gasteiger charge is -2.26. The highest BCUT2D eigenvalue weighted by Crippen LogP contribution is 2.40. The normalized spacial score (nSPS) is 23.2. The summed E-state index contributed by atoms with van der Waals surface area (Å²) in [6.07, 6.45) is 2.06. The van der Waals surface area contributed by atoms with Gasteiger partial charge in [-0.2, -0.15) is 0 Å². The number of benzene rings is 1. The lowest BCUT2D eigenvalue weighted by atomic mass is 10.0. The molecular weight excluding hydrogens is 248 g/mol. The van der Waals surface area contributed by atoms with E-state index in [1.807, 2.05) is 13.0 Å². The zero-order valence-electron chi connectivity index (χ0n) is 12.9. The minimum absolute atomic E-state index is 0.0931. The van der Waals surface area contributed by atoms with E-state index in [2.05, 4.69) is 55.7 Å². The van der Waals surface area contributed by atoms with Crippen molar-refractivity contribution in [2.75, 3.05) is 0 Å². The Labute approximate surface area is 122 Å². The molecule has 0 saturated heterocycles. The van der Waals surface area contributed by atoms with Gasteiger partial charge in [0.2, 0.25) is 5.91 Å². The molecule has 0 radical (unpaired) electrons. The Morgan fingerprint density at radius 2 is 2.00 bits per heavy atom. The molecule has 3 nitrogen and oxygen atoms in total. The van der Waals surface area contributed by atoms with Gasteiger partial charge in [-0.15, -0.1) is 0 Å². The summed E-state index contributed by atoms with van der Waals surface area (Å²) in [6, 6.07) is 10.8. The maximum absolute atomic E-state index is 12.2. The molecule has 1 amide bonds. The Kier molecular flexibility index (Phi) is 4.48. The molecule has 0 spiro atoms. The van der Waals surface area contributed by atoms with Crippen LogP contribution in [0.25, 0.3) is 0 Å². The highest BCUT2D eigenvalue weighted by atomic mass is 16.2. The Bertz CT molecular complexity index is 455. The molecule has 3 unspecified atom stereocenters. The van der Waals surface area contributed by atoms with E-state index in [0.717, 1.165) is 12.8 Å². The van der Waals surface area contributed by atoms with Crippen molar-refractivity contribution < 1.29 is 4.79 Å². The third-order valence-corrected chi connectivity index (χ3v) is 4.22. The van der Waals surface area contributed by atoms with E-state index in [1.54, 1.807) is 0 Å². The molecule has 0 aromatic heterocycles. The van der Waals surface area contributed by atoms with Crippen LogP contribution in [-0.2, 0) is 4.79 Å². The highest BCUT2D eigenvalue weighted by molar-refractivity contribution is 5.82. The second-order valence-corrected chi connectivity index (χ2v) is 6.47. The number of rotatable bonds is 6. The average molecular weight is 274 g/mol. The Morgan fingerprint density at radius 3 is 2.60 bits per heavy atom. The molecule has 2 rings (SSSR count). The van der Waals surface area contributed by atoms with Crippen LogP contribution < -0.4 is 10.6 Å². The van der Waals surface area contributed by atoms with Crippen LogP contribution in [0.15, 0.2) is 30.3 Å². The van der Waals surface area contributed by atoms with Gasteiger partial charge < -0.3 is 10.6 Å². The van der Waals surface area contributed by atoms with Gasteiger partial charge in [0.25, 0.3) is 0 Å². The van der Waals surface area contributed by atoms with E-state index in [-0.39, 0.29) is 17.5 Å². The fraction of sp³-hybridized carbons (Fsp3) is 0.588. The quantitative estimate of drug-likeness (QED) is 0.837. The summed E-state index contributed by atoms with van der Waals surface area (Å²) in [5.74, 6) is 0.654. The Balaban J connectivity index is 1.82. The standard InChI is InChI=1S/C17H26N2O/c1-5-17(3,4)19-16(20)12(2)18-15-11-14(15)13-9-7-6-8-10-13/h6-10,12,14-15,18H,5,11H2,1-4H3,(H,19,20). The maximum Gasteiger partial charge on any atom is 0.237 e. The van der Waals surface area contributed by atoms with E-state index in [1.165, 1.54) is 5.56 Å². The summed E-state index contributed by atoms with van der Waals surface area (Å²) in [5, 5.41) is 6.53. The van der Waals surface area contributed by atoms with Gasteiger partial charge in [-0.3, -0.25) is 4.79 Å². The van der Waals surface area contributed by atoms with Crippen molar-refractivity contribution in [1.82, 2.24) is 10.6 Å². The summed E-state index contributed by atoms with van der Waals surface area (Å²) < 4.78 is 0. The zero-order chi connectivity index (χ0) is 14.8. The van der Waals surface area contributed by atoms with Gasteiger partial charge in [-0.05, 0) is 39.2 Å². The van der Waals surface area contributed by atoms with Gasteiger partial charge in [0, 0.05) is 17.5 Å². The number of hydrogen-bond acceptors (Lipinski definition) is 2. The fourth-order valence-electron chi connectivity index (χ4n) is 2.37. The van der Waals surface area contributed by atoms with Crippen molar-refractivity contribution in [2.45, 2.75) is 64.1 Å². The summed E-state index contributed by atoms with van der Waals surface area (Å²) in [7, 11) is 0. The third kappa shape index (κ3) is 3.83. The molecular formula is C17H26N2O. The highest BCUT2D eigenvalue weighted by Gasteiger charge is 2.39. The molecule has 2 N–H and O–H groups in total. The van der Waals surface area contributed by atoms with Gasteiger partial charge in [-0.25, -0.2) is 0 Å². The molecule has 110 valence electrons. The second kappa shape index (κ2) is 5.96. The molecule has 0 bridgehead atoms. The SMILES string of the molecule is CCC(C)(C)NC(=O)C(C)NC1CC1c1ccccc1. The van der Waals surface area contributed by atoms with Crippen LogP contribution in [-0.4, -0.2) is 23.5 Å². The topological polar surface area (TPSA) is 41.1 Å². The number of carbonyl (C=O) groups is 1. The molecule has 1 saturated carbocycles. The van der Waals surface area contributed by atoms with Crippen molar-refractivity contribution in [1.29, 1.82) is 0 Å². The van der Waals surface area contributed by atoms with E-state index in [0.29, 0.717) is 12.0 Å². The lowest BCUT2D eigenvalue weighted by molar-refractivity contribution is -0.124. The summed E-state index contributed by atoms with van der Waals surface area (Å²) in [6.45, 7) is 8.15. The Morgan fingerprint density at radius 1 is 1.35 bits per heavy atom. The number of amides is 1. The van der Waals surface area contributed by atoms with Crippen molar-refractivity contribution in [2.24, 2.45) is 0 Å². The molecule has 0 heterocycles. The van der Waals surface area contributed by atoms with Gasteiger partial charge in [0.15, 0.2) is 0 Å². The van der Waals surface area contributed by atoms with Crippen LogP contribution in [0.2, 0.25) is 0 Å². The molecule has 3 atom stereocenters. The van der Waals surface area contributed by atoms with Crippen LogP contribution in [0.4, 0.5) is 0 Å². The first-order chi connectivity index (χ1) is 9.43. The molecule has 1 fully saturated rings. The van der Waals surface area contributed by atoms with E-state index in [4.69, 9.17) is 0 Å². The fourth-order valence-corrected chi connectivity index (χ4v) is 2.37. The van der Waals surface area contributed by atoms with Crippen LogP contribution in [0.5, 0.6) is 0 Å².